The Morgan fingerprint density at radius 3 is 2.49 bits per heavy atom. The number of rotatable bonds is 12. The van der Waals surface area contributed by atoms with E-state index < -0.39 is 86.9 Å². The molecule has 0 saturated carbocycles. The highest BCUT2D eigenvalue weighted by atomic mass is 32.2. The summed E-state index contributed by atoms with van der Waals surface area (Å²) in [7, 11) is -7.44. The fourth-order valence-corrected chi connectivity index (χ4v) is 5.93. The first kappa shape index (κ1) is 34.1. The van der Waals surface area contributed by atoms with E-state index in [1.165, 1.54) is 7.05 Å². The molecule has 1 aromatic carbocycles. The molecule has 0 saturated heterocycles. The van der Waals surface area contributed by atoms with Gasteiger partial charge in [-0.25, -0.2) is 31.0 Å². The van der Waals surface area contributed by atoms with Crippen LogP contribution in [0.4, 0.5) is 38.1 Å². The van der Waals surface area contributed by atoms with Crippen molar-refractivity contribution in [2.24, 2.45) is 0 Å². The summed E-state index contributed by atoms with van der Waals surface area (Å²) < 4.78 is 136. The number of halogens is 5. The van der Waals surface area contributed by atoms with Gasteiger partial charge in [-0.05, 0) is 39.1 Å². The number of aromatic nitrogens is 2. The van der Waals surface area contributed by atoms with Crippen LogP contribution in [0.15, 0.2) is 29.3 Å². The molecule has 1 aromatic heterocycles. The van der Waals surface area contributed by atoms with Gasteiger partial charge in [-0.15, -0.1) is 5.10 Å². The van der Waals surface area contributed by atoms with E-state index in [9.17, 15) is 43.6 Å². The van der Waals surface area contributed by atoms with Crippen LogP contribution >= 0.6 is 0 Å². The summed E-state index contributed by atoms with van der Waals surface area (Å²) >= 11 is 0. The largest absolute Gasteiger partial charge is 0.486 e. The third kappa shape index (κ3) is 7.95. The van der Waals surface area contributed by atoms with Gasteiger partial charge in [0.1, 0.15) is 18.5 Å². The number of carbonyl (C=O) groups is 1. The maximum absolute atomic E-state index is 13.9. The second-order valence-corrected chi connectivity index (χ2v) is 13.3. The number of aliphatic hydroxyl groups is 1. The van der Waals surface area contributed by atoms with Crippen molar-refractivity contribution in [3.8, 4) is 11.6 Å². The Balaban J connectivity index is 2.05. The number of benzene rings is 1. The van der Waals surface area contributed by atoms with Crippen molar-refractivity contribution in [1.82, 2.24) is 14.5 Å². The Bertz CT molecular complexity index is 1530. The lowest BCUT2D eigenvalue weighted by atomic mass is 10.1. The van der Waals surface area contributed by atoms with E-state index in [-0.39, 0.29) is 28.2 Å². The van der Waals surface area contributed by atoms with Gasteiger partial charge >= 0.3 is 18.8 Å². The van der Waals surface area contributed by atoms with Gasteiger partial charge in [0, 0.05) is 12.1 Å². The molecule has 0 spiro atoms. The van der Waals surface area contributed by atoms with Gasteiger partial charge in [0.15, 0.2) is 4.90 Å². The molecular weight excluding hydrogens is 637 g/mol. The standard InChI is InChI=1S/C22H28F5N5O9S2/c1-21(2,22(25,26)27)41-20(34)29-13-4-5-16-15(10-13)32(11-14(40-16)6-9-42(35,36)28-3)43(37,38)17-12-31(19(23)24)30-18(17)39-8-7-33/h4-5,10,12,14,19,28,33H,6-9,11H2,1-3H3,(H,29,34)/t14-/m0/s1. The van der Waals surface area contributed by atoms with Gasteiger partial charge in [-0.1, -0.05) is 0 Å². The minimum absolute atomic E-state index is 0.00824. The predicted octanol–water partition coefficient (Wildman–Crippen LogP) is 2.43. The third-order valence-electron chi connectivity index (χ3n) is 5.95. The Hall–Kier alpha value is -3.43. The lowest BCUT2D eigenvalue weighted by Gasteiger charge is -2.35. The lowest BCUT2D eigenvalue weighted by Crippen LogP contribution is -2.45. The highest BCUT2D eigenvalue weighted by Gasteiger charge is 2.51. The Labute approximate surface area is 242 Å². The molecule has 43 heavy (non-hydrogen) atoms. The molecule has 2 aromatic rings. The first-order valence-electron chi connectivity index (χ1n) is 12.2. The number of hydrogen-bond donors (Lipinski definition) is 3. The van der Waals surface area contributed by atoms with E-state index in [0.29, 0.717) is 24.3 Å². The molecule has 0 unspecified atom stereocenters. The number of hydrogen-bond acceptors (Lipinski definition) is 10. The Morgan fingerprint density at radius 1 is 1.23 bits per heavy atom. The first-order chi connectivity index (χ1) is 19.8. The minimum atomic E-state index is -4.91. The highest BCUT2D eigenvalue weighted by molar-refractivity contribution is 7.93. The number of sulfonamides is 2. The summed E-state index contributed by atoms with van der Waals surface area (Å²) in [5, 5.41) is 14.5. The summed E-state index contributed by atoms with van der Waals surface area (Å²) in [6, 6.07) is 3.33. The molecule has 2 heterocycles. The average Bonchev–Trinajstić information content (AvgIpc) is 3.35. The monoisotopic (exact) mass is 665 g/mol. The minimum Gasteiger partial charge on any atom is -0.486 e. The zero-order valence-electron chi connectivity index (χ0n) is 22.8. The number of anilines is 2. The van der Waals surface area contributed by atoms with Crippen LogP contribution in [0.3, 0.4) is 0 Å². The van der Waals surface area contributed by atoms with Crippen molar-refractivity contribution in [3.05, 3.63) is 24.4 Å². The third-order valence-corrected chi connectivity index (χ3v) is 9.11. The molecule has 3 N–H and O–H groups in total. The number of nitrogens with one attached hydrogen (secondary N) is 2. The number of carbonyl (C=O) groups excluding carboxylic acids is 1. The van der Waals surface area contributed by atoms with Crippen LogP contribution in [0.25, 0.3) is 0 Å². The number of amides is 1. The van der Waals surface area contributed by atoms with Crippen molar-refractivity contribution >= 4 is 37.5 Å². The van der Waals surface area contributed by atoms with E-state index in [4.69, 9.17) is 14.6 Å². The molecule has 1 amide bonds. The van der Waals surface area contributed by atoms with Crippen LogP contribution in [-0.4, -0.2) is 88.3 Å². The van der Waals surface area contributed by atoms with Gasteiger partial charge in [0.05, 0.1) is 30.8 Å². The first-order valence-corrected chi connectivity index (χ1v) is 15.3. The molecule has 21 heteroatoms. The van der Waals surface area contributed by atoms with Crippen molar-refractivity contribution < 1.29 is 62.9 Å². The molecule has 0 fully saturated rings. The molecule has 0 radical (unpaired) electrons. The van der Waals surface area contributed by atoms with Crippen LogP contribution in [-0.2, 0) is 24.8 Å². The van der Waals surface area contributed by atoms with Crippen molar-refractivity contribution in [3.63, 3.8) is 0 Å². The number of fused-ring (bicyclic) bond motifs is 1. The predicted molar refractivity (Wildman–Crippen MR) is 139 cm³/mol. The number of nitrogens with zero attached hydrogens (tertiary/aromatic N) is 3. The second kappa shape index (κ2) is 12.7. The van der Waals surface area contributed by atoms with Crippen LogP contribution in [0.1, 0.15) is 26.8 Å². The number of alkyl halides is 5. The van der Waals surface area contributed by atoms with E-state index in [2.05, 4.69) is 19.9 Å². The average molecular weight is 666 g/mol. The van der Waals surface area contributed by atoms with Gasteiger partial charge in [0.2, 0.25) is 15.6 Å². The van der Waals surface area contributed by atoms with Crippen LogP contribution in [0.5, 0.6) is 11.6 Å². The maximum Gasteiger partial charge on any atom is 0.427 e. The molecule has 242 valence electrons. The zero-order chi connectivity index (χ0) is 32.4. The van der Waals surface area contributed by atoms with Crippen LogP contribution in [0, 0.1) is 0 Å². The SMILES string of the molecule is CNS(=O)(=O)CC[C@H]1CN(S(=O)(=O)c2cn(C(F)F)nc2OCCO)c2cc(NC(=O)OC(C)(C)C(F)(F)F)ccc2O1. The van der Waals surface area contributed by atoms with Gasteiger partial charge in [0.25, 0.3) is 15.9 Å². The van der Waals surface area contributed by atoms with E-state index >= 15 is 0 Å². The normalized spacial score (nSPS) is 16.0. The summed E-state index contributed by atoms with van der Waals surface area (Å²) in [4.78, 5) is 11.4. The second-order valence-electron chi connectivity index (χ2n) is 9.42. The van der Waals surface area contributed by atoms with E-state index in [1.54, 1.807) is 0 Å². The summed E-state index contributed by atoms with van der Waals surface area (Å²) in [6.45, 7) is -3.72. The molecule has 14 nitrogen and oxygen atoms in total. The van der Waals surface area contributed by atoms with Crippen molar-refractivity contribution in [2.45, 2.75) is 49.6 Å². The summed E-state index contributed by atoms with van der Waals surface area (Å²) in [6.07, 6.45) is -7.26. The zero-order valence-corrected chi connectivity index (χ0v) is 24.4. The van der Waals surface area contributed by atoms with E-state index in [1.807, 2.05) is 0 Å². The molecular formula is C22H28F5N5O9S2. The summed E-state index contributed by atoms with van der Waals surface area (Å²) in [5.74, 6) is -1.41. The number of ether oxygens (including phenoxy) is 3. The van der Waals surface area contributed by atoms with E-state index in [0.717, 1.165) is 18.2 Å². The molecule has 1 aliphatic heterocycles. The molecule has 0 bridgehead atoms. The Kier molecular flexibility index (Phi) is 10.0. The molecule has 1 atom stereocenters. The summed E-state index contributed by atoms with van der Waals surface area (Å²) in [5.41, 5.74) is -3.40. The maximum atomic E-state index is 13.9. The van der Waals surface area contributed by atoms with Gasteiger partial charge in [-0.3, -0.25) is 9.62 Å². The van der Waals surface area contributed by atoms with Crippen molar-refractivity contribution in [2.75, 3.05) is 42.2 Å². The smallest absolute Gasteiger partial charge is 0.427 e. The molecule has 0 aliphatic carbocycles. The molecule has 1 aliphatic rings. The fraction of sp³-hybridized carbons (Fsp3) is 0.545. The topological polar surface area (TPSA) is 178 Å². The number of aliphatic hydroxyl groups excluding tert-OH is 1. The Morgan fingerprint density at radius 2 is 1.91 bits per heavy atom. The van der Waals surface area contributed by atoms with Crippen LogP contribution < -0.4 is 23.8 Å². The molecule has 3 rings (SSSR count). The van der Waals surface area contributed by atoms with Gasteiger partial charge < -0.3 is 19.3 Å². The van der Waals surface area contributed by atoms with Gasteiger partial charge in [-0.2, -0.15) is 22.0 Å². The van der Waals surface area contributed by atoms with Crippen LogP contribution in [0.2, 0.25) is 0 Å². The lowest BCUT2D eigenvalue weighted by molar-refractivity contribution is -0.242. The fourth-order valence-electron chi connectivity index (χ4n) is 3.59. The quantitative estimate of drug-likeness (QED) is 0.285. The van der Waals surface area contributed by atoms with Crippen molar-refractivity contribution in [1.29, 1.82) is 0 Å². The highest BCUT2D eigenvalue weighted by Crippen LogP contribution is 2.41.